The summed E-state index contributed by atoms with van der Waals surface area (Å²) in [6.45, 7) is 0.192. The molecule has 0 unspecified atom stereocenters. The molecule has 0 saturated heterocycles. The number of aliphatic carboxylic acids is 2. The van der Waals surface area contributed by atoms with E-state index in [-0.39, 0.29) is 5.57 Å². The Morgan fingerprint density at radius 3 is 1.94 bits per heavy atom. The SMILES string of the molecule is C/C(=C/C(=O)NCC(=O)O)C(=O)NCC(=O)O. The molecule has 8 nitrogen and oxygen atoms in total. The summed E-state index contributed by atoms with van der Waals surface area (Å²) in [5.41, 5.74) is -0.0193. The quantitative estimate of drug-likeness (QED) is 0.413. The molecule has 0 aromatic carbocycles. The van der Waals surface area contributed by atoms with Crippen LogP contribution in [0.2, 0.25) is 0 Å². The lowest BCUT2D eigenvalue weighted by molar-refractivity contribution is -0.138. The second-order valence-electron chi connectivity index (χ2n) is 3.02. The van der Waals surface area contributed by atoms with Gasteiger partial charge in [0.15, 0.2) is 0 Å². The number of hydrogen-bond acceptors (Lipinski definition) is 4. The van der Waals surface area contributed by atoms with Crippen LogP contribution in [-0.4, -0.2) is 47.1 Å². The molecule has 0 fully saturated rings. The van der Waals surface area contributed by atoms with E-state index in [1.54, 1.807) is 0 Å². The van der Waals surface area contributed by atoms with Gasteiger partial charge in [-0.25, -0.2) is 0 Å². The first kappa shape index (κ1) is 14.6. The average Bonchev–Trinajstić information content (AvgIpc) is 2.22. The molecule has 0 aromatic rings. The summed E-state index contributed by atoms with van der Waals surface area (Å²) >= 11 is 0. The molecule has 0 aliphatic heterocycles. The Bertz CT molecular complexity index is 374. The zero-order valence-corrected chi connectivity index (χ0v) is 9.02. The fourth-order valence-corrected chi connectivity index (χ4v) is 0.771. The van der Waals surface area contributed by atoms with Gasteiger partial charge in [0.05, 0.1) is 0 Å². The van der Waals surface area contributed by atoms with Crippen LogP contribution in [0.15, 0.2) is 11.6 Å². The number of rotatable bonds is 6. The van der Waals surface area contributed by atoms with Gasteiger partial charge in [-0.1, -0.05) is 0 Å². The normalized spacial score (nSPS) is 10.5. The molecule has 4 N–H and O–H groups in total. The first-order valence-corrected chi connectivity index (χ1v) is 4.51. The molecule has 0 aliphatic rings. The van der Waals surface area contributed by atoms with Gasteiger partial charge in [0, 0.05) is 11.6 Å². The molecular formula is C9H12N2O6. The molecule has 0 atom stereocenters. The van der Waals surface area contributed by atoms with Crippen molar-refractivity contribution in [3.8, 4) is 0 Å². The second kappa shape index (κ2) is 6.99. The van der Waals surface area contributed by atoms with Crippen molar-refractivity contribution in [2.75, 3.05) is 13.1 Å². The van der Waals surface area contributed by atoms with Crippen molar-refractivity contribution in [1.82, 2.24) is 10.6 Å². The summed E-state index contributed by atoms with van der Waals surface area (Å²) in [7, 11) is 0. The number of carboxylic acid groups (broad SMARTS) is 2. The third-order valence-electron chi connectivity index (χ3n) is 1.52. The van der Waals surface area contributed by atoms with Gasteiger partial charge in [-0.3, -0.25) is 19.2 Å². The van der Waals surface area contributed by atoms with Gasteiger partial charge >= 0.3 is 11.9 Å². The molecule has 0 heterocycles. The zero-order valence-electron chi connectivity index (χ0n) is 9.02. The highest BCUT2D eigenvalue weighted by atomic mass is 16.4. The maximum atomic E-state index is 11.2. The minimum Gasteiger partial charge on any atom is -0.480 e. The molecule has 8 heteroatoms. The lowest BCUT2D eigenvalue weighted by atomic mass is 10.2. The van der Waals surface area contributed by atoms with Gasteiger partial charge < -0.3 is 20.8 Å². The Morgan fingerprint density at radius 1 is 1.00 bits per heavy atom. The lowest BCUT2D eigenvalue weighted by Crippen LogP contribution is -2.32. The Kier molecular flexibility index (Phi) is 6.01. The smallest absolute Gasteiger partial charge is 0.322 e. The van der Waals surface area contributed by atoms with E-state index in [9.17, 15) is 19.2 Å². The molecule has 94 valence electrons. The summed E-state index contributed by atoms with van der Waals surface area (Å²) in [6, 6.07) is 0. The predicted molar refractivity (Wildman–Crippen MR) is 55.0 cm³/mol. The van der Waals surface area contributed by atoms with E-state index < -0.39 is 36.8 Å². The lowest BCUT2D eigenvalue weighted by Gasteiger charge is -2.02. The van der Waals surface area contributed by atoms with Crippen LogP contribution in [0.25, 0.3) is 0 Å². The average molecular weight is 244 g/mol. The molecule has 0 aromatic heterocycles. The van der Waals surface area contributed by atoms with Gasteiger partial charge in [-0.05, 0) is 6.92 Å². The van der Waals surface area contributed by atoms with Gasteiger partial charge in [0.1, 0.15) is 13.1 Å². The van der Waals surface area contributed by atoms with Crippen molar-refractivity contribution in [2.45, 2.75) is 6.92 Å². The van der Waals surface area contributed by atoms with Crippen LogP contribution in [0, 0.1) is 0 Å². The number of carboxylic acids is 2. The molecular weight excluding hydrogens is 232 g/mol. The molecule has 0 bridgehead atoms. The Morgan fingerprint density at radius 2 is 1.47 bits per heavy atom. The van der Waals surface area contributed by atoms with E-state index in [0.717, 1.165) is 6.08 Å². The summed E-state index contributed by atoms with van der Waals surface area (Å²) in [6.07, 6.45) is 0.889. The first-order chi connectivity index (χ1) is 7.82. The van der Waals surface area contributed by atoms with Gasteiger partial charge in [-0.2, -0.15) is 0 Å². The van der Waals surface area contributed by atoms with E-state index in [4.69, 9.17) is 10.2 Å². The Balaban J connectivity index is 4.22. The standard InChI is InChI=1S/C9H12N2O6/c1-5(9(17)11-4-8(15)16)2-6(12)10-3-7(13)14/h2H,3-4H2,1H3,(H,10,12)(H,11,17)(H,13,14)(H,15,16)/b5-2-. The van der Waals surface area contributed by atoms with Crippen molar-refractivity contribution < 1.29 is 29.4 Å². The van der Waals surface area contributed by atoms with Crippen LogP contribution in [0.3, 0.4) is 0 Å². The summed E-state index contributed by atoms with van der Waals surface area (Å²) in [5, 5.41) is 20.6. The van der Waals surface area contributed by atoms with Crippen molar-refractivity contribution in [3.05, 3.63) is 11.6 Å². The summed E-state index contributed by atoms with van der Waals surface area (Å²) in [5.74, 6) is -3.87. The van der Waals surface area contributed by atoms with Crippen molar-refractivity contribution in [3.63, 3.8) is 0 Å². The minimum absolute atomic E-state index is 0.0193. The third-order valence-corrected chi connectivity index (χ3v) is 1.52. The fourth-order valence-electron chi connectivity index (χ4n) is 0.771. The molecule has 0 spiro atoms. The van der Waals surface area contributed by atoms with Crippen LogP contribution in [0.4, 0.5) is 0 Å². The predicted octanol–water partition coefficient (Wildman–Crippen LogP) is -1.67. The Labute approximate surface area is 96.3 Å². The van der Waals surface area contributed by atoms with E-state index >= 15 is 0 Å². The van der Waals surface area contributed by atoms with Crippen LogP contribution in [0.1, 0.15) is 6.92 Å². The molecule has 17 heavy (non-hydrogen) atoms. The monoisotopic (exact) mass is 244 g/mol. The zero-order chi connectivity index (χ0) is 13.4. The Hall–Kier alpha value is -2.38. The van der Waals surface area contributed by atoms with E-state index in [0.29, 0.717) is 0 Å². The van der Waals surface area contributed by atoms with Gasteiger partial charge in [0.2, 0.25) is 11.8 Å². The van der Waals surface area contributed by atoms with Gasteiger partial charge in [0.25, 0.3) is 0 Å². The van der Waals surface area contributed by atoms with Crippen molar-refractivity contribution in [2.24, 2.45) is 0 Å². The van der Waals surface area contributed by atoms with Crippen LogP contribution < -0.4 is 10.6 Å². The number of amides is 2. The highest BCUT2D eigenvalue weighted by molar-refractivity contribution is 6.01. The third kappa shape index (κ3) is 7.54. The first-order valence-electron chi connectivity index (χ1n) is 4.51. The number of carbonyl (C=O) groups is 4. The summed E-state index contributed by atoms with van der Waals surface area (Å²) < 4.78 is 0. The highest BCUT2D eigenvalue weighted by Gasteiger charge is 2.08. The molecule has 0 rings (SSSR count). The number of hydrogen-bond donors (Lipinski definition) is 4. The van der Waals surface area contributed by atoms with Crippen LogP contribution in [-0.2, 0) is 19.2 Å². The van der Waals surface area contributed by atoms with E-state index in [1.807, 2.05) is 10.6 Å². The minimum atomic E-state index is -1.21. The second-order valence-corrected chi connectivity index (χ2v) is 3.02. The molecule has 2 amide bonds. The van der Waals surface area contributed by atoms with Crippen LogP contribution in [0.5, 0.6) is 0 Å². The van der Waals surface area contributed by atoms with Crippen LogP contribution >= 0.6 is 0 Å². The maximum Gasteiger partial charge on any atom is 0.322 e. The molecule has 0 saturated carbocycles. The van der Waals surface area contributed by atoms with Crippen molar-refractivity contribution in [1.29, 1.82) is 0 Å². The molecule has 0 aliphatic carbocycles. The van der Waals surface area contributed by atoms with Gasteiger partial charge in [-0.15, -0.1) is 0 Å². The maximum absolute atomic E-state index is 11.2. The fraction of sp³-hybridized carbons (Fsp3) is 0.333. The summed E-state index contributed by atoms with van der Waals surface area (Å²) in [4.78, 5) is 42.5. The van der Waals surface area contributed by atoms with Crippen molar-refractivity contribution >= 4 is 23.8 Å². The number of carbonyl (C=O) groups excluding carboxylic acids is 2. The number of nitrogens with one attached hydrogen (secondary N) is 2. The van der Waals surface area contributed by atoms with E-state index in [1.165, 1.54) is 6.92 Å². The van der Waals surface area contributed by atoms with E-state index in [2.05, 4.69) is 0 Å². The largest absolute Gasteiger partial charge is 0.480 e. The highest BCUT2D eigenvalue weighted by Crippen LogP contribution is 1.91. The molecule has 0 radical (unpaired) electrons. The topological polar surface area (TPSA) is 133 Å².